The topological polar surface area (TPSA) is 46.5 Å². The van der Waals surface area contributed by atoms with Gasteiger partial charge >= 0.3 is 5.97 Å². The van der Waals surface area contributed by atoms with Crippen molar-refractivity contribution in [3.63, 3.8) is 0 Å². The zero-order valence-corrected chi connectivity index (χ0v) is 13.5. The summed E-state index contributed by atoms with van der Waals surface area (Å²) >= 11 is 6.21. The molecule has 4 heteroatoms. The number of carbonyl (C=O) groups is 1. The maximum absolute atomic E-state index is 11.0. The number of benzene rings is 1. The fourth-order valence-corrected chi connectivity index (χ4v) is 2.23. The van der Waals surface area contributed by atoms with Gasteiger partial charge in [-0.05, 0) is 56.4 Å². The van der Waals surface area contributed by atoms with Crippen LogP contribution in [0.25, 0.3) is 0 Å². The smallest absolute Gasteiger partial charge is 0.309 e. The summed E-state index contributed by atoms with van der Waals surface area (Å²) in [6.07, 6.45) is 0.460. The number of ether oxygens (including phenoxy) is 1. The van der Waals surface area contributed by atoms with Gasteiger partial charge in [0, 0.05) is 5.02 Å². The minimum absolute atomic E-state index is 0.320. The second kappa shape index (κ2) is 6.49. The van der Waals surface area contributed by atoms with Crippen molar-refractivity contribution < 1.29 is 14.6 Å². The van der Waals surface area contributed by atoms with Gasteiger partial charge in [-0.3, -0.25) is 4.79 Å². The molecule has 0 aliphatic carbocycles. The van der Waals surface area contributed by atoms with Gasteiger partial charge < -0.3 is 9.84 Å². The number of aliphatic carboxylic acids is 1. The summed E-state index contributed by atoms with van der Waals surface area (Å²) in [5, 5.41) is 9.82. The van der Waals surface area contributed by atoms with Crippen LogP contribution in [0.4, 0.5) is 0 Å². The zero-order valence-electron chi connectivity index (χ0n) is 12.8. The molecule has 112 valence electrons. The highest BCUT2D eigenvalue weighted by Crippen LogP contribution is 2.32. The molecule has 0 aromatic heterocycles. The SMILES string of the molecule is Cc1cc(Cl)c(C(C)C)cc1OCCC(C)(C)C(=O)O. The Morgan fingerprint density at radius 3 is 2.50 bits per heavy atom. The van der Waals surface area contributed by atoms with Crippen molar-refractivity contribution in [2.75, 3.05) is 6.61 Å². The second-order valence-corrected chi connectivity index (χ2v) is 6.49. The zero-order chi connectivity index (χ0) is 15.5. The fourth-order valence-electron chi connectivity index (χ4n) is 1.79. The molecular formula is C16H23ClO3. The first-order valence-electron chi connectivity index (χ1n) is 6.81. The summed E-state index contributed by atoms with van der Waals surface area (Å²) in [4.78, 5) is 11.0. The van der Waals surface area contributed by atoms with E-state index in [0.29, 0.717) is 18.9 Å². The molecular weight excluding hydrogens is 276 g/mol. The lowest BCUT2D eigenvalue weighted by Crippen LogP contribution is -2.26. The number of carboxylic acid groups (broad SMARTS) is 1. The largest absolute Gasteiger partial charge is 0.493 e. The standard InChI is InChI=1S/C16H23ClO3/c1-10(2)12-9-14(11(3)8-13(12)17)20-7-6-16(4,5)15(18)19/h8-10H,6-7H2,1-5H3,(H,18,19). The van der Waals surface area contributed by atoms with E-state index in [2.05, 4.69) is 13.8 Å². The van der Waals surface area contributed by atoms with E-state index in [0.717, 1.165) is 21.9 Å². The van der Waals surface area contributed by atoms with Crippen LogP contribution in [0.15, 0.2) is 12.1 Å². The number of aryl methyl sites for hydroxylation is 1. The number of carboxylic acids is 1. The molecule has 1 rings (SSSR count). The molecule has 3 nitrogen and oxygen atoms in total. The van der Waals surface area contributed by atoms with Crippen LogP contribution in [-0.4, -0.2) is 17.7 Å². The predicted molar refractivity (Wildman–Crippen MR) is 81.8 cm³/mol. The van der Waals surface area contributed by atoms with Gasteiger partial charge in [0.2, 0.25) is 0 Å². The van der Waals surface area contributed by atoms with E-state index in [-0.39, 0.29) is 0 Å². The van der Waals surface area contributed by atoms with E-state index in [4.69, 9.17) is 21.4 Å². The number of hydrogen-bond acceptors (Lipinski definition) is 2. The Morgan fingerprint density at radius 1 is 1.40 bits per heavy atom. The molecule has 20 heavy (non-hydrogen) atoms. The Kier molecular flexibility index (Phi) is 5.46. The summed E-state index contributed by atoms with van der Waals surface area (Å²) in [6, 6.07) is 3.85. The first-order valence-corrected chi connectivity index (χ1v) is 7.19. The molecule has 0 atom stereocenters. The van der Waals surface area contributed by atoms with Gasteiger partial charge in [-0.2, -0.15) is 0 Å². The number of halogens is 1. The average molecular weight is 299 g/mol. The molecule has 0 bridgehead atoms. The van der Waals surface area contributed by atoms with E-state index in [9.17, 15) is 4.79 Å². The van der Waals surface area contributed by atoms with E-state index in [1.807, 2.05) is 19.1 Å². The third kappa shape index (κ3) is 4.14. The summed E-state index contributed by atoms with van der Waals surface area (Å²) < 4.78 is 5.75. The molecule has 0 fully saturated rings. The summed E-state index contributed by atoms with van der Waals surface area (Å²) in [5.41, 5.74) is 1.23. The first-order chi connectivity index (χ1) is 9.15. The van der Waals surface area contributed by atoms with Gasteiger partial charge in [-0.25, -0.2) is 0 Å². The average Bonchev–Trinajstić information content (AvgIpc) is 2.31. The molecule has 0 aliphatic heterocycles. The Labute approximate surface area is 125 Å². The Morgan fingerprint density at radius 2 is 2.00 bits per heavy atom. The lowest BCUT2D eigenvalue weighted by atomic mass is 9.90. The van der Waals surface area contributed by atoms with Crippen molar-refractivity contribution in [1.29, 1.82) is 0 Å². The molecule has 0 heterocycles. The minimum Gasteiger partial charge on any atom is -0.493 e. The molecule has 0 unspecified atom stereocenters. The van der Waals surface area contributed by atoms with Gasteiger partial charge in [0.05, 0.1) is 12.0 Å². The van der Waals surface area contributed by atoms with Crippen LogP contribution in [0, 0.1) is 12.3 Å². The third-order valence-electron chi connectivity index (χ3n) is 3.48. The maximum atomic E-state index is 11.0. The molecule has 1 aromatic rings. The van der Waals surface area contributed by atoms with Crippen molar-refractivity contribution in [1.82, 2.24) is 0 Å². The lowest BCUT2D eigenvalue weighted by Gasteiger charge is -2.20. The summed E-state index contributed by atoms with van der Waals surface area (Å²) in [6.45, 7) is 9.87. The molecule has 0 saturated heterocycles. The van der Waals surface area contributed by atoms with Gasteiger partial charge in [-0.15, -0.1) is 0 Å². The summed E-state index contributed by atoms with van der Waals surface area (Å²) in [5.74, 6) is 0.289. The highest BCUT2D eigenvalue weighted by Gasteiger charge is 2.26. The number of hydrogen-bond donors (Lipinski definition) is 1. The van der Waals surface area contributed by atoms with Crippen LogP contribution in [-0.2, 0) is 4.79 Å². The van der Waals surface area contributed by atoms with Crippen LogP contribution in [0.5, 0.6) is 5.75 Å². The van der Waals surface area contributed by atoms with E-state index >= 15 is 0 Å². The Hall–Kier alpha value is -1.22. The van der Waals surface area contributed by atoms with Crippen molar-refractivity contribution in [3.8, 4) is 5.75 Å². The predicted octanol–water partition coefficient (Wildman–Crippen LogP) is 4.65. The third-order valence-corrected chi connectivity index (χ3v) is 3.81. The Balaban J connectivity index is 2.79. The van der Waals surface area contributed by atoms with Gasteiger partial charge in [-0.1, -0.05) is 25.4 Å². The normalized spacial score (nSPS) is 11.8. The van der Waals surface area contributed by atoms with E-state index in [1.165, 1.54) is 0 Å². The highest BCUT2D eigenvalue weighted by molar-refractivity contribution is 6.31. The van der Waals surface area contributed by atoms with Gasteiger partial charge in [0.25, 0.3) is 0 Å². The van der Waals surface area contributed by atoms with E-state index < -0.39 is 11.4 Å². The molecule has 0 aliphatic rings. The monoisotopic (exact) mass is 298 g/mol. The lowest BCUT2D eigenvalue weighted by molar-refractivity contribution is -0.147. The number of rotatable bonds is 6. The molecule has 0 amide bonds. The summed E-state index contributed by atoms with van der Waals surface area (Å²) in [7, 11) is 0. The molecule has 0 saturated carbocycles. The van der Waals surface area contributed by atoms with Crippen LogP contribution in [0.2, 0.25) is 5.02 Å². The maximum Gasteiger partial charge on any atom is 0.309 e. The van der Waals surface area contributed by atoms with Crippen molar-refractivity contribution in [2.24, 2.45) is 5.41 Å². The molecule has 1 aromatic carbocycles. The molecule has 0 spiro atoms. The molecule has 0 radical (unpaired) electrons. The van der Waals surface area contributed by atoms with Gasteiger partial charge in [0.15, 0.2) is 0 Å². The fraction of sp³-hybridized carbons (Fsp3) is 0.562. The highest BCUT2D eigenvalue weighted by atomic mass is 35.5. The Bertz CT molecular complexity index is 493. The van der Waals surface area contributed by atoms with Crippen molar-refractivity contribution in [3.05, 3.63) is 28.3 Å². The molecule has 1 N–H and O–H groups in total. The minimum atomic E-state index is -0.809. The van der Waals surface area contributed by atoms with Crippen LogP contribution < -0.4 is 4.74 Å². The van der Waals surface area contributed by atoms with E-state index in [1.54, 1.807) is 13.8 Å². The van der Waals surface area contributed by atoms with Crippen LogP contribution in [0.3, 0.4) is 0 Å². The van der Waals surface area contributed by atoms with Gasteiger partial charge in [0.1, 0.15) is 5.75 Å². The first kappa shape index (κ1) is 16.8. The second-order valence-electron chi connectivity index (χ2n) is 6.08. The quantitative estimate of drug-likeness (QED) is 0.831. The van der Waals surface area contributed by atoms with Crippen LogP contribution in [0.1, 0.15) is 51.2 Å². The van der Waals surface area contributed by atoms with Crippen molar-refractivity contribution in [2.45, 2.75) is 47.0 Å². The van der Waals surface area contributed by atoms with Crippen molar-refractivity contribution >= 4 is 17.6 Å². The van der Waals surface area contributed by atoms with Crippen LogP contribution >= 0.6 is 11.6 Å².